The van der Waals surface area contributed by atoms with Crippen molar-refractivity contribution >= 4 is 21.6 Å². The molecule has 1 unspecified atom stereocenters. The molecular weight excluding hydrogens is 330 g/mol. The topological polar surface area (TPSA) is 41.5 Å². The first-order valence-electron chi connectivity index (χ1n) is 7.07. The molecule has 2 rings (SSSR count). The van der Waals surface area contributed by atoms with Gasteiger partial charge in [-0.3, -0.25) is 0 Å². The fraction of sp³-hybridized carbons (Fsp3) is 0.294. The van der Waals surface area contributed by atoms with E-state index in [1.165, 1.54) is 5.56 Å². The summed E-state index contributed by atoms with van der Waals surface area (Å²) >= 11 is 3.47. The van der Waals surface area contributed by atoms with Crippen LogP contribution in [-0.2, 0) is 6.42 Å². The van der Waals surface area contributed by atoms with Gasteiger partial charge < -0.3 is 15.2 Å². The molecule has 0 spiro atoms. The molecule has 0 saturated heterocycles. The molecule has 1 atom stereocenters. The van der Waals surface area contributed by atoms with Crippen LogP contribution in [0.25, 0.3) is 0 Å². The lowest BCUT2D eigenvalue weighted by Crippen LogP contribution is -2.26. The molecule has 112 valence electrons. The summed E-state index contributed by atoms with van der Waals surface area (Å²) in [6.07, 6.45) is 0.386. The lowest BCUT2D eigenvalue weighted by atomic mass is 10.1. The van der Waals surface area contributed by atoms with Crippen LogP contribution < -0.4 is 10.1 Å². The molecule has 2 aromatic carbocycles. The van der Waals surface area contributed by atoms with Gasteiger partial charge in [0.1, 0.15) is 18.5 Å². The standard InChI is InChI=1S/C17H20BrNO2/c1-2-13-10-14(18)8-9-17(13)19-11-15(20)12-21-16-6-4-3-5-7-16/h3-10,15,19-20H,2,11-12H2,1H3. The van der Waals surface area contributed by atoms with Gasteiger partial charge in [0.05, 0.1) is 0 Å². The van der Waals surface area contributed by atoms with E-state index in [4.69, 9.17) is 4.74 Å². The predicted molar refractivity (Wildman–Crippen MR) is 90.0 cm³/mol. The van der Waals surface area contributed by atoms with Gasteiger partial charge in [0.15, 0.2) is 0 Å². The maximum Gasteiger partial charge on any atom is 0.119 e. The van der Waals surface area contributed by atoms with E-state index in [1.807, 2.05) is 42.5 Å². The van der Waals surface area contributed by atoms with Crippen molar-refractivity contribution in [3.05, 3.63) is 58.6 Å². The summed E-state index contributed by atoms with van der Waals surface area (Å²) < 4.78 is 6.60. The molecule has 0 saturated carbocycles. The normalized spacial score (nSPS) is 12.0. The fourth-order valence-electron chi connectivity index (χ4n) is 2.02. The molecule has 0 fully saturated rings. The number of aryl methyl sites for hydroxylation is 1. The van der Waals surface area contributed by atoms with Crippen LogP contribution in [0.2, 0.25) is 0 Å². The second kappa shape index (κ2) is 8.05. The Labute approximate surface area is 134 Å². The molecule has 0 heterocycles. The first-order valence-corrected chi connectivity index (χ1v) is 7.86. The van der Waals surface area contributed by atoms with Gasteiger partial charge in [-0.1, -0.05) is 41.1 Å². The van der Waals surface area contributed by atoms with Gasteiger partial charge in [0, 0.05) is 16.7 Å². The van der Waals surface area contributed by atoms with Gasteiger partial charge in [-0.2, -0.15) is 0 Å². The van der Waals surface area contributed by atoms with Crippen molar-refractivity contribution in [1.82, 2.24) is 0 Å². The summed E-state index contributed by atoms with van der Waals surface area (Å²) in [5.41, 5.74) is 2.28. The number of anilines is 1. The summed E-state index contributed by atoms with van der Waals surface area (Å²) in [6.45, 7) is 2.85. The van der Waals surface area contributed by atoms with Gasteiger partial charge in [-0.05, 0) is 42.3 Å². The van der Waals surface area contributed by atoms with Crippen LogP contribution in [0.4, 0.5) is 5.69 Å². The zero-order chi connectivity index (χ0) is 15.1. The highest BCUT2D eigenvalue weighted by Gasteiger charge is 2.07. The van der Waals surface area contributed by atoms with E-state index in [1.54, 1.807) is 0 Å². The molecule has 0 bridgehead atoms. The van der Waals surface area contributed by atoms with Crippen LogP contribution in [0, 0.1) is 0 Å². The monoisotopic (exact) mass is 349 g/mol. The van der Waals surface area contributed by atoms with E-state index in [-0.39, 0.29) is 6.61 Å². The number of aliphatic hydroxyl groups excluding tert-OH is 1. The number of benzene rings is 2. The Morgan fingerprint density at radius 3 is 2.67 bits per heavy atom. The number of hydrogen-bond donors (Lipinski definition) is 2. The largest absolute Gasteiger partial charge is 0.491 e. The van der Waals surface area contributed by atoms with E-state index in [2.05, 4.69) is 34.2 Å². The zero-order valence-corrected chi connectivity index (χ0v) is 13.6. The zero-order valence-electron chi connectivity index (χ0n) is 12.1. The maximum absolute atomic E-state index is 9.99. The summed E-state index contributed by atoms with van der Waals surface area (Å²) in [7, 11) is 0. The summed E-state index contributed by atoms with van der Waals surface area (Å²) in [5.74, 6) is 0.773. The van der Waals surface area contributed by atoms with Crippen LogP contribution >= 0.6 is 15.9 Å². The highest BCUT2D eigenvalue weighted by Crippen LogP contribution is 2.21. The molecule has 0 aliphatic heterocycles. The third-order valence-electron chi connectivity index (χ3n) is 3.16. The van der Waals surface area contributed by atoms with Crippen LogP contribution in [-0.4, -0.2) is 24.4 Å². The molecule has 4 heteroatoms. The Bertz CT molecular complexity index is 560. The van der Waals surface area contributed by atoms with Crippen molar-refractivity contribution in [3.63, 3.8) is 0 Å². The molecule has 0 radical (unpaired) electrons. The SMILES string of the molecule is CCc1cc(Br)ccc1NCC(O)COc1ccccc1. The molecule has 0 aliphatic carbocycles. The minimum Gasteiger partial charge on any atom is -0.491 e. The number of aliphatic hydroxyl groups is 1. The third kappa shape index (κ3) is 5.06. The predicted octanol–water partition coefficient (Wildman–Crippen LogP) is 3.86. The quantitative estimate of drug-likeness (QED) is 0.797. The number of para-hydroxylation sites is 1. The average Bonchev–Trinajstić information content (AvgIpc) is 2.52. The summed E-state index contributed by atoms with van der Waals surface area (Å²) in [5, 5.41) is 13.3. The smallest absolute Gasteiger partial charge is 0.119 e. The number of hydrogen-bond acceptors (Lipinski definition) is 3. The molecule has 0 aromatic heterocycles. The Balaban J connectivity index is 1.82. The molecule has 3 nitrogen and oxygen atoms in total. The fourth-order valence-corrected chi connectivity index (χ4v) is 2.43. The van der Waals surface area contributed by atoms with Crippen molar-refractivity contribution in [2.45, 2.75) is 19.4 Å². The number of halogens is 1. The summed E-state index contributed by atoms with van der Waals surface area (Å²) in [4.78, 5) is 0. The first kappa shape index (κ1) is 15.9. The second-order valence-corrected chi connectivity index (χ2v) is 5.73. The van der Waals surface area contributed by atoms with E-state index >= 15 is 0 Å². The second-order valence-electron chi connectivity index (χ2n) is 4.81. The third-order valence-corrected chi connectivity index (χ3v) is 3.66. The minimum absolute atomic E-state index is 0.273. The van der Waals surface area contributed by atoms with Crippen LogP contribution in [0.3, 0.4) is 0 Å². The lowest BCUT2D eigenvalue weighted by Gasteiger charge is -2.16. The minimum atomic E-state index is -0.557. The van der Waals surface area contributed by atoms with Gasteiger partial charge in [-0.25, -0.2) is 0 Å². The van der Waals surface area contributed by atoms with E-state index < -0.39 is 6.10 Å². The molecule has 0 amide bonds. The molecule has 21 heavy (non-hydrogen) atoms. The Morgan fingerprint density at radius 1 is 1.19 bits per heavy atom. The number of ether oxygens (including phenoxy) is 1. The molecular formula is C17H20BrNO2. The van der Waals surface area contributed by atoms with Crippen molar-refractivity contribution in [1.29, 1.82) is 0 Å². The molecule has 0 aliphatic rings. The average molecular weight is 350 g/mol. The Kier molecular flexibility index (Phi) is 6.08. The first-order chi connectivity index (χ1) is 10.2. The Hall–Kier alpha value is -1.52. The van der Waals surface area contributed by atoms with Gasteiger partial charge >= 0.3 is 0 Å². The van der Waals surface area contributed by atoms with Crippen LogP contribution in [0.5, 0.6) is 5.75 Å². The summed E-state index contributed by atoms with van der Waals surface area (Å²) in [6, 6.07) is 15.6. The van der Waals surface area contributed by atoms with Gasteiger partial charge in [0.2, 0.25) is 0 Å². The van der Waals surface area contributed by atoms with E-state index in [0.717, 1.165) is 22.3 Å². The van der Waals surface area contributed by atoms with Crippen molar-refractivity contribution in [3.8, 4) is 5.75 Å². The van der Waals surface area contributed by atoms with Gasteiger partial charge in [0.25, 0.3) is 0 Å². The lowest BCUT2D eigenvalue weighted by molar-refractivity contribution is 0.117. The highest BCUT2D eigenvalue weighted by atomic mass is 79.9. The highest BCUT2D eigenvalue weighted by molar-refractivity contribution is 9.10. The number of rotatable bonds is 7. The van der Waals surface area contributed by atoms with Gasteiger partial charge in [-0.15, -0.1) is 0 Å². The van der Waals surface area contributed by atoms with Crippen LogP contribution in [0.15, 0.2) is 53.0 Å². The van der Waals surface area contributed by atoms with Crippen molar-refractivity contribution in [2.75, 3.05) is 18.5 Å². The van der Waals surface area contributed by atoms with E-state index in [9.17, 15) is 5.11 Å². The van der Waals surface area contributed by atoms with Crippen molar-refractivity contribution in [2.24, 2.45) is 0 Å². The van der Waals surface area contributed by atoms with Crippen molar-refractivity contribution < 1.29 is 9.84 Å². The maximum atomic E-state index is 9.99. The van der Waals surface area contributed by atoms with E-state index in [0.29, 0.717) is 6.54 Å². The van der Waals surface area contributed by atoms with Crippen LogP contribution in [0.1, 0.15) is 12.5 Å². The molecule has 2 N–H and O–H groups in total. The molecule has 2 aromatic rings. The number of nitrogens with one attached hydrogen (secondary N) is 1. The Morgan fingerprint density at radius 2 is 1.95 bits per heavy atom.